The molecule has 0 aliphatic carbocycles. The third-order valence-electron chi connectivity index (χ3n) is 3.87. The lowest BCUT2D eigenvalue weighted by atomic mass is 10.0. The highest BCUT2D eigenvalue weighted by molar-refractivity contribution is 5.82. The van der Waals surface area contributed by atoms with E-state index in [0.29, 0.717) is 25.7 Å². The number of piperidine rings is 1. The zero-order valence-corrected chi connectivity index (χ0v) is 12.6. The lowest BCUT2D eigenvalue weighted by Gasteiger charge is -2.32. The average molecular weight is 328 g/mol. The third-order valence-corrected chi connectivity index (χ3v) is 3.87. The lowest BCUT2D eigenvalue weighted by Crippen LogP contribution is -2.50. The van der Waals surface area contributed by atoms with Gasteiger partial charge in [0.2, 0.25) is 5.91 Å². The smallest absolute Gasteiger partial charge is 0.353 e. The Bertz CT molecular complexity index is 538. The van der Waals surface area contributed by atoms with Crippen molar-refractivity contribution in [2.24, 2.45) is 0 Å². The Hall–Kier alpha value is -2.05. The van der Waals surface area contributed by atoms with E-state index in [1.165, 1.54) is 0 Å². The molecule has 0 saturated carbocycles. The predicted molar refractivity (Wildman–Crippen MR) is 78.6 cm³/mol. The molecule has 1 fully saturated rings. The fourth-order valence-electron chi connectivity index (χ4n) is 2.61. The first kappa shape index (κ1) is 17.3. The molecule has 0 aromatic heterocycles. The number of halogens is 3. The Labute approximate surface area is 132 Å². The molecule has 0 radical (unpaired) electrons. The molecule has 2 amide bonds. The highest BCUT2D eigenvalue weighted by Crippen LogP contribution is 2.21. The average Bonchev–Trinajstić information content (AvgIpc) is 2.53. The summed E-state index contributed by atoms with van der Waals surface area (Å²) in [5.41, 5.74) is 1.06. The van der Waals surface area contributed by atoms with Gasteiger partial charge in [-0.3, -0.25) is 9.59 Å². The van der Waals surface area contributed by atoms with Crippen LogP contribution in [0.1, 0.15) is 24.8 Å². The Balaban J connectivity index is 1.72. The molecule has 4 nitrogen and oxygen atoms in total. The number of aryl methyl sites for hydroxylation is 1. The van der Waals surface area contributed by atoms with Crippen molar-refractivity contribution in [2.75, 3.05) is 13.1 Å². The molecule has 0 atom stereocenters. The van der Waals surface area contributed by atoms with E-state index >= 15 is 0 Å². The van der Waals surface area contributed by atoms with Crippen molar-refractivity contribution in [2.45, 2.75) is 37.9 Å². The molecule has 126 valence electrons. The fourth-order valence-corrected chi connectivity index (χ4v) is 2.61. The molecule has 1 aliphatic heterocycles. The van der Waals surface area contributed by atoms with Crippen LogP contribution in [-0.4, -0.2) is 42.0 Å². The molecule has 23 heavy (non-hydrogen) atoms. The van der Waals surface area contributed by atoms with Crippen molar-refractivity contribution < 1.29 is 22.8 Å². The van der Waals surface area contributed by atoms with Gasteiger partial charge in [-0.15, -0.1) is 0 Å². The van der Waals surface area contributed by atoms with Crippen molar-refractivity contribution >= 4 is 11.8 Å². The number of carbonyl (C=O) groups excluding carboxylic acids is 2. The number of benzene rings is 1. The van der Waals surface area contributed by atoms with Crippen LogP contribution in [0.2, 0.25) is 0 Å². The van der Waals surface area contributed by atoms with Gasteiger partial charge in [0.1, 0.15) is 0 Å². The molecule has 1 N–H and O–H groups in total. The van der Waals surface area contributed by atoms with Crippen molar-refractivity contribution in [3.8, 4) is 0 Å². The number of rotatable bonds is 4. The minimum Gasteiger partial charge on any atom is -0.353 e. The maximum Gasteiger partial charge on any atom is 0.471 e. The largest absolute Gasteiger partial charge is 0.471 e. The molecule has 0 spiro atoms. The highest BCUT2D eigenvalue weighted by Gasteiger charge is 2.43. The van der Waals surface area contributed by atoms with Crippen molar-refractivity contribution in [1.29, 1.82) is 0 Å². The van der Waals surface area contributed by atoms with Gasteiger partial charge in [0.15, 0.2) is 0 Å². The molecular formula is C16H19F3N2O2. The van der Waals surface area contributed by atoms with Gasteiger partial charge in [0.05, 0.1) is 0 Å². The molecule has 7 heteroatoms. The molecule has 1 aromatic carbocycles. The number of amides is 2. The first-order valence-electron chi connectivity index (χ1n) is 7.55. The van der Waals surface area contributed by atoms with Crippen LogP contribution in [0, 0.1) is 0 Å². The van der Waals surface area contributed by atoms with E-state index in [2.05, 4.69) is 5.32 Å². The fraction of sp³-hybridized carbons (Fsp3) is 0.500. The van der Waals surface area contributed by atoms with Gasteiger partial charge in [-0.1, -0.05) is 30.3 Å². The number of nitrogens with zero attached hydrogens (tertiary/aromatic N) is 1. The van der Waals surface area contributed by atoms with E-state index in [0.717, 1.165) is 10.5 Å². The summed E-state index contributed by atoms with van der Waals surface area (Å²) in [5, 5.41) is 2.83. The third kappa shape index (κ3) is 5.26. The second-order valence-corrected chi connectivity index (χ2v) is 5.62. The van der Waals surface area contributed by atoms with Gasteiger partial charge in [-0.25, -0.2) is 0 Å². The molecule has 1 aliphatic rings. The van der Waals surface area contributed by atoms with Crippen LogP contribution in [0.4, 0.5) is 13.2 Å². The van der Waals surface area contributed by atoms with Gasteiger partial charge < -0.3 is 10.2 Å². The number of nitrogens with one attached hydrogen (secondary N) is 1. The van der Waals surface area contributed by atoms with Crippen LogP contribution in [0.25, 0.3) is 0 Å². The second-order valence-electron chi connectivity index (χ2n) is 5.62. The van der Waals surface area contributed by atoms with Gasteiger partial charge in [-0.05, 0) is 24.8 Å². The van der Waals surface area contributed by atoms with E-state index < -0.39 is 12.1 Å². The molecule has 1 aromatic rings. The summed E-state index contributed by atoms with van der Waals surface area (Å²) in [6.45, 7) is 0.0317. The molecule has 0 unspecified atom stereocenters. The lowest BCUT2D eigenvalue weighted by molar-refractivity contribution is -0.186. The normalized spacial score (nSPS) is 16.2. The molecule has 0 bridgehead atoms. The standard InChI is InChI=1S/C16H19F3N2O2/c17-16(18,19)15(23)21-10-8-13(9-11-21)20-14(22)7-6-12-4-2-1-3-5-12/h1-5,13H,6-11H2,(H,20,22). The summed E-state index contributed by atoms with van der Waals surface area (Å²) in [6, 6.07) is 9.42. The summed E-state index contributed by atoms with van der Waals surface area (Å²) < 4.78 is 37.0. The zero-order chi connectivity index (χ0) is 16.9. The first-order valence-corrected chi connectivity index (χ1v) is 7.55. The molecule has 1 saturated heterocycles. The maximum absolute atomic E-state index is 12.3. The van der Waals surface area contributed by atoms with Crippen LogP contribution in [0.15, 0.2) is 30.3 Å². The first-order chi connectivity index (χ1) is 10.9. The van der Waals surface area contributed by atoms with Gasteiger partial charge in [-0.2, -0.15) is 13.2 Å². The minimum absolute atomic E-state index is 0.0158. The number of carbonyl (C=O) groups is 2. The van der Waals surface area contributed by atoms with E-state index in [-0.39, 0.29) is 25.0 Å². The van der Waals surface area contributed by atoms with Crippen LogP contribution in [0.5, 0.6) is 0 Å². The summed E-state index contributed by atoms with van der Waals surface area (Å²) >= 11 is 0. The van der Waals surface area contributed by atoms with Crippen LogP contribution >= 0.6 is 0 Å². The summed E-state index contributed by atoms with van der Waals surface area (Å²) in [7, 11) is 0. The van der Waals surface area contributed by atoms with E-state index in [1.54, 1.807) is 0 Å². The summed E-state index contributed by atoms with van der Waals surface area (Å²) in [4.78, 5) is 23.8. The Morgan fingerprint density at radius 1 is 1.13 bits per heavy atom. The Morgan fingerprint density at radius 2 is 1.74 bits per heavy atom. The topological polar surface area (TPSA) is 49.4 Å². The second kappa shape index (κ2) is 7.48. The highest BCUT2D eigenvalue weighted by atomic mass is 19.4. The zero-order valence-electron chi connectivity index (χ0n) is 12.6. The number of likely N-dealkylation sites (tertiary alicyclic amines) is 1. The van der Waals surface area contributed by atoms with Crippen molar-refractivity contribution in [3.05, 3.63) is 35.9 Å². The van der Waals surface area contributed by atoms with Crippen LogP contribution in [0.3, 0.4) is 0 Å². The minimum atomic E-state index is -4.83. The van der Waals surface area contributed by atoms with E-state index in [9.17, 15) is 22.8 Å². The SMILES string of the molecule is O=C(CCc1ccccc1)NC1CCN(C(=O)C(F)(F)F)CC1. The maximum atomic E-state index is 12.3. The predicted octanol–water partition coefficient (Wildman–Crippen LogP) is 2.29. The van der Waals surface area contributed by atoms with Crippen molar-refractivity contribution in [1.82, 2.24) is 10.2 Å². The Morgan fingerprint density at radius 3 is 2.30 bits per heavy atom. The molecule has 2 rings (SSSR count). The number of alkyl halides is 3. The molecular weight excluding hydrogens is 309 g/mol. The van der Waals surface area contributed by atoms with Gasteiger partial charge in [0.25, 0.3) is 0 Å². The van der Waals surface area contributed by atoms with Crippen molar-refractivity contribution in [3.63, 3.8) is 0 Å². The van der Waals surface area contributed by atoms with Crippen LogP contribution in [-0.2, 0) is 16.0 Å². The Kier molecular flexibility index (Phi) is 5.63. The van der Waals surface area contributed by atoms with Gasteiger partial charge >= 0.3 is 12.1 Å². The number of hydrogen-bond donors (Lipinski definition) is 1. The summed E-state index contributed by atoms with van der Waals surface area (Å²) in [6.07, 6.45) is -3.17. The monoisotopic (exact) mass is 328 g/mol. The van der Waals surface area contributed by atoms with E-state index in [1.807, 2.05) is 30.3 Å². The molecule has 1 heterocycles. The van der Waals surface area contributed by atoms with Gasteiger partial charge in [0, 0.05) is 25.6 Å². The number of hydrogen-bond acceptors (Lipinski definition) is 2. The van der Waals surface area contributed by atoms with E-state index in [4.69, 9.17) is 0 Å². The quantitative estimate of drug-likeness (QED) is 0.922. The van der Waals surface area contributed by atoms with Crippen LogP contribution < -0.4 is 5.32 Å². The summed E-state index contributed by atoms with van der Waals surface area (Å²) in [5.74, 6) is -1.92.